The second-order valence-corrected chi connectivity index (χ2v) is 3.82. The number of H-pyrrole nitrogens is 2. The summed E-state index contributed by atoms with van der Waals surface area (Å²) in [5, 5.41) is 10.7. The number of nitrogens with one attached hydrogen (secondary N) is 2. The average molecular weight is 257 g/mol. The lowest BCUT2D eigenvalue weighted by molar-refractivity contribution is -0.384. The second-order valence-electron chi connectivity index (χ2n) is 3.82. The molecule has 0 saturated carbocycles. The van der Waals surface area contributed by atoms with Crippen LogP contribution in [0.2, 0.25) is 0 Å². The van der Waals surface area contributed by atoms with Crippen LogP contribution < -0.4 is 5.56 Å². The van der Waals surface area contributed by atoms with Crippen LogP contribution in [-0.4, -0.2) is 24.9 Å². The van der Waals surface area contributed by atoms with Crippen LogP contribution in [0.4, 0.5) is 5.69 Å². The number of imidazole rings is 1. The molecule has 94 valence electrons. The molecule has 1 aromatic carbocycles. The standard InChI is InChI=1S/C11H7N5O3/c17-11-8-10(12-5-13-11)15-9(14-8)6-2-1-3-7(4-6)16(18)19/h1-5H,(H2,12,13,14,15,17). The fourth-order valence-corrected chi connectivity index (χ4v) is 1.74. The third-order valence-electron chi connectivity index (χ3n) is 2.62. The van der Waals surface area contributed by atoms with E-state index in [-0.39, 0.29) is 22.4 Å². The van der Waals surface area contributed by atoms with E-state index in [2.05, 4.69) is 19.9 Å². The Morgan fingerprint density at radius 2 is 2.16 bits per heavy atom. The molecule has 0 aliphatic heterocycles. The van der Waals surface area contributed by atoms with E-state index in [1.54, 1.807) is 12.1 Å². The van der Waals surface area contributed by atoms with Crippen LogP contribution >= 0.6 is 0 Å². The molecule has 0 atom stereocenters. The predicted molar refractivity (Wildman–Crippen MR) is 66.6 cm³/mol. The molecule has 0 aliphatic rings. The van der Waals surface area contributed by atoms with Gasteiger partial charge < -0.3 is 9.97 Å². The first-order valence-electron chi connectivity index (χ1n) is 5.33. The number of nitro groups is 1. The highest BCUT2D eigenvalue weighted by molar-refractivity contribution is 5.75. The van der Waals surface area contributed by atoms with E-state index >= 15 is 0 Å². The summed E-state index contributed by atoms with van der Waals surface area (Å²) in [4.78, 5) is 35.0. The van der Waals surface area contributed by atoms with Crippen LogP contribution in [-0.2, 0) is 0 Å². The molecule has 19 heavy (non-hydrogen) atoms. The summed E-state index contributed by atoms with van der Waals surface area (Å²) in [5.74, 6) is 0.364. The Morgan fingerprint density at radius 3 is 2.89 bits per heavy atom. The predicted octanol–water partition coefficient (Wildman–Crippen LogP) is 1.22. The fourth-order valence-electron chi connectivity index (χ4n) is 1.74. The van der Waals surface area contributed by atoms with E-state index in [1.165, 1.54) is 18.5 Å². The number of rotatable bonds is 2. The molecule has 2 aromatic heterocycles. The number of hydrogen-bond acceptors (Lipinski definition) is 5. The van der Waals surface area contributed by atoms with Crippen LogP contribution in [0.25, 0.3) is 22.6 Å². The van der Waals surface area contributed by atoms with E-state index in [9.17, 15) is 14.9 Å². The smallest absolute Gasteiger partial charge is 0.276 e. The van der Waals surface area contributed by atoms with Gasteiger partial charge in [-0.2, -0.15) is 0 Å². The van der Waals surface area contributed by atoms with Crippen molar-refractivity contribution in [2.75, 3.05) is 0 Å². The number of nitrogens with zero attached hydrogens (tertiary/aromatic N) is 3. The average Bonchev–Trinajstić information content (AvgIpc) is 2.84. The number of benzene rings is 1. The van der Waals surface area contributed by atoms with Crippen LogP contribution in [0.1, 0.15) is 0 Å². The van der Waals surface area contributed by atoms with Crippen molar-refractivity contribution in [1.29, 1.82) is 0 Å². The molecule has 3 aromatic rings. The van der Waals surface area contributed by atoms with Gasteiger partial charge in [-0.15, -0.1) is 0 Å². The molecule has 2 N–H and O–H groups in total. The largest absolute Gasteiger partial charge is 0.332 e. The fraction of sp³-hybridized carbons (Fsp3) is 0. The topological polar surface area (TPSA) is 118 Å². The summed E-state index contributed by atoms with van der Waals surface area (Å²) in [7, 11) is 0. The number of non-ortho nitro benzene ring substituents is 1. The molecular weight excluding hydrogens is 250 g/mol. The molecule has 0 radical (unpaired) electrons. The lowest BCUT2D eigenvalue weighted by Gasteiger charge is -1.95. The number of hydrogen-bond donors (Lipinski definition) is 2. The van der Waals surface area contributed by atoms with Gasteiger partial charge >= 0.3 is 0 Å². The molecule has 8 nitrogen and oxygen atoms in total. The highest BCUT2D eigenvalue weighted by Crippen LogP contribution is 2.22. The molecule has 0 saturated heterocycles. The normalized spacial score (nSPS) is 10.7. The van der Waals surface area contributed by atoms with Gasteiger partial charge in [0.2, 0.25) is 0 Å². The van der Waals surface area contributed by atoms with E-state index < -0.39 is 4.92 Å². The highest BCUT2D eigenvalue weighted by Gasteiger charge is 2.12. The Hall–Kier alpha value is -3.03. The van der Waals surface area contributed by atoms with Gasteiger partial charge in [0, 0.05) is 17.7 Å². The first kappa shape index (κ1) is 11.1. The van der Waals surface area contributed by atoms with E-state index in [1.807, 2.05) is 0 Å². The summed E-state index contributed by atoms with van der Waals surface area (Å²) < 4.78 is 0. The number of fused-ring (bicyclic) bond motifs is 1. The van der Waals surface area contributed by atoms with E-state index in [0.29, 0.717) is 11.4 Å². The van der Waals surface area contributed by atoms with E-state index in [4.69, 9.17) is 0 Å². The lowest BCUT2D eigenvalue weighted by atomic mass is 10.2. The summed E-state index contributed by atoms with van der Waals surface area (Å²) >= 11 is 0. The molecule has 0 unspecified atom stereocenters. The van der Waals surface area contributed by atoms with Crippen molar-refractivity contribution >= 4 is 16.9 Å². The van der Waals surface area contributed by atoms with Crippen LogP contribution in [0.3, 0.4) is 0 Å². The van der Waals surface area contributed by atoms with Gasteiger partial charge in [-0.05, 0) is 0 Å². The third kappa shape index (κ3) is 1.84. The number of nitro benzene ring substituents is 1. The first-order valence-corrected chi connectivity index (χ1v) is 5.33. The SMILES string of the molecule is O=c1[nH]cnc2nc(-c3cccc([N+](=O)[O-])c3)[nH]c12. The third-order valence-corrected chi connectivity index (χ3v) is 2.62. The summed E-state index contributed by atoms with van der Waals surface area (Å²) in [6.07, 6.45) is 1.25. The van der Waals surface area contributed by atoms with Gasteiger partial charge in [0.15, 0.2) is 11.2 Å². The molecule has 0 amide bonds. The molecule has 2 heterocycles. The molecule has 0 aliphatic carbocycles. The zero-order chi connectivity index (χ0) is 13.4. The van der Waals surface area contributed by atoms with Gasteiger partial charge in [-0.25, -0.2) is 9.97 Å². The van der Waals surface area contributed by atoms with Crippen molar-refractivity contribution in [3.05, 3.63) is 51.1 Å². The first-order chi connectivity index (χ1) is 9.15. The molecule has 0 spiro atoms. The van der Waals surface area contributed by atoms with Gasteiger partial charge in [0.05, 0.1) is 11.3 Å². The molecule has 8 heteroatoms. The minimum Gasteiger partial charge on any atom is -0.332 e. The highest BCUT2D eigenvalue weighted by atomic mass is 16.6. The van der Waals surface area contributed by atoms with Gasteiger partial charge in [-0.1, -0.05) is 12.1 Å². The van der Waals surface area contributed by atoms with Crippen molar-refractivity contribution in [3.63, 3.8) is 0 Å². The maximum atomic E-state index is 11.5. The Morgan fingerprint density at radius 1 is 1.32 bits per heavy atom. The second kappa shape index (κ2) is 4.02. The van der Waals surface area contributed by atoms with Gasteiger partial charge in [0.1, 0.15) is 5.82 Å². The molecule has 3 rings (SSSR count). The Bertz CT molecular complexity index is 835. The lowest BCUT2D eigenvalue weighted by Crippen LogP contribution is -2.05. The van der Waals surface area contributed by atoms with Crippen molar-refractivity contribution < 1.29 is 4.92 Å². The Balaban J connectivity index is 2.19. The minimum absolute atomic E-state index is 0.0418. The minimum atomic E-state index is -0.489. The number of aromatic nitrogens is 4. The molecule has 0 bridgehead atoms. The zero-order valence-electron chi connectivity index (χ0n) is 9.45. The van der Waals surface area contributed by atoms with E-state index in [0.717, 1.165) is 0 Å². The summed E-state index contributed by atoms with van der Waals surface area (Å²) in [5.41, 5.74) is 0.648. The van der Waals surface area contributed by atoms with Crippen molar-refractivity contribution in [1.82, 2.24) is 19.9 Å². The van der Waals surface area contributed by atoms with Crippen LogP contribution in [0, 0.1) is 10.1 Å². The van der Waals surface area contributed by atoms with Crippen molar-refractivity contribution in [3.8, 4) is 11.4 Å². The van der Waals surface area contributed by atoms with Crippen LogP contribution in [0.15, 0.2) is 35.4 Å². The maximum Gasteiger partial charge on any atom is 0.276 e. The van der Waals surface area contributed by atoms with Crippen molar-refractivity contribution in [2.24, 2.45) is 0 Å². The maximum absolute atomic E-state index is 11.5. The van der Waals surface area contributed by atoms with Crippen LogP contribution in [0.5, 0.6) is 0 Å². The quantitative estimate of drug-likeness (QED) is 0.528. The van der Waals surface area contributed by atoms with Gasteiger partial charge in [0.25, 0.3) is 11.2 Å². The summed E-state index contributed by atoms with van der Waals surface area (Å²) in [6, 6.07) is 5.99. The Labute approximate surface area is 105 Å². The molecular formula is C11H7N5O3. The van der Waals surface area contributed by atoms with Crippen molar-refractivity contribution in [2.45, 2.75) is 0 Å². The summed E-state index contributed by atoms with van der Waals surface area (Å²) in [6.45, 7) is 0. The number of aromatic amines is 2. The molecule has 0 fully saturated rings. The zero-order valence-corrected chi connectivity index (χ0v) is 9.45. The monoisotopic (exact) mass is 257 g/mol. The van der Waals surface area contributed by atoms with Gasteiger partial charge in [-0.3, -0.25) is 14.9 Å². The Kier molecular flexibility index (Phi) is 2.34.